The summed E-state index contributed by atoms with van der Waals surface area (Å²) in [6.07, 6.45) is 0.659. The van der Waals surface area contributed by atoms with Crippen molar-refractivity contribution in [2.45, 2.75) is 17.9 Å². The molecule has 0 bridgehead atoms. The van der Waals surface area contributed by atoms with E-state index in [2.05, 4.69) is 5.32 Å². The molecule has 8 heteroatoms. The second kappa shape index (κ2) is 7.46. The van der Waals surface area contributed by atoms with Gasteiger partial charge in [-0.2, -0.15) is 4.31 Å². The standard InChI is InChI=1S/C20H17FN2O3S2/c21-16-6-3-7-17(10-16)22-20(24)19-11-18(13-27-19)28(25,26)23-9-8-14-4-1-2-5-15(14)12-23/h1-7,10-11,13H,8-9,12H2,(H,22,24). The van der Waals surface area contributed by atoms with Crippen LogP contribution in [0.1, 0.15) is 20.8 Å². The van der Waals surface area contributed by atoms with Crippen molar-refractivity contribution < 1.29 is 17.6 Å². The van der Waals surface area contributed by atoms with Gasteiger partial charge in [-0.15, -0.1) is 11.3 Å². The predicted molar refractivity (Wildman–Crippen MR) is 106 cm³/mol. The van der Waals surface area contributed by atoms with E-state index in [1.165, 1.54) is 34.0 Å². The van der Waals surface area contributed by atoms with Crippen LogP contribution in [0.25, 0.3) is 0 Å². The van der Waals surface area contributed by atoms with Crippen molar-refractivity contribution >= 4 is 33.0 Å². The van der Waals surface area contributed by atoms with Gasteiger partial charge in [0.25, 0.3) is 5.91 Å². The third-order valence-electron chi connectivity index (χ3n) is 4.62. The summed E-state index contributed by atoms with van der Waals surface area (Å²) in [5.41, 5.74) is 2.47. The van der Waals surface area contributed by atoms with Gasteiger partial charge < -0.3 is 5.32 Å². The summed E-state index contributed by atoms with van der Waals surface area (Å²) in [7, 11) is -3.69. The van der Waals surface area contributed by atoms with E-state index in [1.54, 1.807) is 6.07 Å². The highest BCUT2D eigenvalue weighted by molar-refractivity contribution is 7.89. The minimum absolute atomic E-state index is 0.0984. The summed E-state index contributed by atoms with van der Waals surface area (Å²) in [5.74, 6) is -0.932. The molecule has 5 nitrogen and oxygen atoms in total. The highest BCUT2D eigenvalue weighted by atomic mass is 32.2. The fourth-order valence-electron chi connectivity index (χ4n) is 3.16. The molecule has 0 saturated heterocycles. The predicted octanol–water partition coefficient (Wildman–Crippen LogP) is 3.89. The highest BCUT2D eigenvalue weighted by Crippen LogP contribution is 2.28. The van der Waals surface area contributed by atoms with Gasteiger partial charge in [0.1, 0.15) is 5.82 Å². The Labute approximate surface area is 166 Å². The molecule has 144 valence electrons. The van der Waals surface area contributed by atoms with E-state index in [0.717, 1.165) is 22.5 Å². The molecule has 4 rings (SSSR count). The van der Waals surface area contributed by atoms with Crippen molar-refractivity contribution in [2.24, 2.45) is 0 Å². The Bertz CT molecular complexity index is 1140. The van der Waals surface area contributed by atoms with Crippen LogP contribution in [0.15, 0.2) is 64.9 Å². The molecular weight excluding hydrogens is 399 g/mol. The van der Waals surface area contributed by atoms with Crippen molar-refractivity contribution in [1.29, 1.82) is 0 Å². The van der Waals surface area contributed by atoms with Crippen molar-refractivity contribution in [3.8, 4) is 0 Å². The largest absolute Gasteiger partial charge is 0.321 e. The third-order valence-corrected chi connectivity index (χ3v) is 7.52. The number of carbonyl (C=O) groups is 1. The van der Waals surface area contributed by atoms with Gasteiger partial charge in [-0.25, -0.2) is 12.8 Å². The molecule has 0 radical (unpaired) electrons. The van der Waals surface area contributed by atoms with Crippen LogP contribution < -0.4 is 5.32 Å². The summed E-state index contributed by atoms with van der Waals surface area (Å²) in [6, 6.07) is 14.7. The molecule has 0 fully saturated rings. The molecule has 1 aromatic heterocycles. The molecule has 0 atom stereocenters. The molecule has 2 heterocycles. The van der Waals surface area contributed by atoms with Crippen LogP contribution in [0, 0.1) is 5.82 Å². The van der Waals surface area contributed by atoms with Crippen molar-refractivity contribution in [3.63, 3.8) is 0 Å². The summed E-state index contributed by atoms with van der Waals surface area (Å²) < 4.78 is 40.7. The molecule has 1 aliphatic rings. The number of fused-ring (bicyclic) bond motifs is 1. The van der Waals surface area contributed by atoms with E-state index in [9.17, 15) is 17.6 Å². The lowest BCUT2D eigenvalue weighted by Crippen LogP contribution is -2.35. The van der Waals surface area contributed by atoms with Gasteiger partial charge in [-0.1, -0.05) is 30.3 Å². The molecule has 0 saturated carbocycles. The molecular formula is C20H17FN2O3S2. The number of hydrogen-bond donors (Lipinski definition) is 1. The van der Waals surface area contributed by atoms with Crippen molar-refractivity contribution in [3.05, 3.63) is 81.8 Å². The Morgan fingerprint density at radius 1 is 1.07 bits per heavy atom. The number of rotatable bonds is 4. The van der Waals surface area contributed by atoms with E-state index in [4.69, 9.17) is 0 Å². The van der Waals surface area contributed by atoms with Gasteiger partial charge >= 0.3 is 0 Å². The van der Waals surface area contributed by atoms with Gasteiger partial charge in [0.05, 0.1) is 9.77 Å². The van der Waals surface area contributed by atoms with Gasteiger partial charge in [0.15, 0.2) is 0 Å². The van der Waals surface area contributed by atoms with Crippen LogP contribution in [0.4, 0.5) is 10.1 Å². The molecule has 1 aliphatic heterocycles. The lowest BCUT2D eigenvalue weighted by atomic mass is 10.0. The summed E-state index contributed by atoms with van der Waals surface area (Å²) in [6.45, 7) is 0.721. The first-order valence-corrected chi connectivity index (χ1v) is 11.0. The number of nitrogens with zero attached hydrogens (tertiary/aromatic N) is 1. The Hall–Kier alpha value is -2.55. The van der Waals surface area contributed by atoms with Crippen LogP contribution in [0.5, 0.6) is 0 Å². The number of hydrogen-bond acceptors (Lipinski definition) is 4. The maximum Gasteiger partial charge on any atom is 0.265 e. The number of anilines is 1. The second-order valence-electron chi connectivity index (χ2n) is 6.47. The summed E-state index contributed by atoms with van der Waals surface area (Å²) in [4.78, 5) is 12.7. The zero-order valence-electron chi connectivity index (χ0n) is 14.8. The lowest BCUT2D eigenvalue weighted by Gasteiger charge is -2.27. The van der Waals surface area contributed by atoms with Gasteiger partial charge in [0, 0.05) is 24.2 Å². The second-order valence-corrected chi connectivity index (χ2v) is 9.32. The van der Waals surface area contributed by atoms with Crippen molar-refractivity contribution in [1.82, 2.24) is 4.31 Å². The van der Waals surface area contributed by atoms with Crippen LogP contribution in [0.3, 0.4) is 0 Å². The van der Waals surface area contributed by atoms with E-state index in [1.807, 2.05) is 24.3 Å². The van der Waals surface area contributed by atoms with Crippen LogP contribution in [-0.2, 0) is 23.0 Å². The number of thiophene rings is 1. The molecule has 0 unspecified atom stereocenters. The maximum absolute atomic E-state index is 13.3. The number of benzene rings is 2. The number of amides is 1. The maximum atomic E-state index is 13.3. The monoisotopic (exact) mass is 416 g/mol. The fraction of sp³-hybridized carbons (Fsp3) is 0.150. The number of carbonyl (C=O) groups excluding carboxylic acids is 1. The lowest BCUT2D eigenvalue weighted by molar-refractivity contribution is 0.103. The van der Waals surface area contributed by atoms with E-state index >= 15 is 0 Å². The minimum Gasteiger partial charge on any atom is -0.321 e. The van der Waals surface area contributed by atoms with Crippen LogP contribution in [-0.4, -0.2) is 25.2 Å². The average molecular weight is 416 g/mol. The van der Waals surface area contributed by atoms with E-state index in [-0.39, 0.29) is 9.77 Å². The number of halogens is 1. The summed E-state index contributed by atoms with van der Waals surface area (Å²) >= 11 is 1.05. The van der Waals surface area contributed by atoms with Crippen molar-refractivity contribution in [2.75, 3.05) is 11.9 Å². The van der Waals surface area contributed by atoms with E-state index in [0.29, 0.717) is 25.2 Å². The topological polar surface area (TPSA) is 66.5 Å². The first kappa shape index (κ1) is 18.8. The Balaban J connectivity index is 1.52. The molecule has 1 amide bonds. The Kier molecular flexibility index (Phi) is 5.01. The molecule has 0 aliphatic carbocycles. The van der Waals surface area contributed by atoms with Crippen LogP contribution >= 0.6 is 11.3 Å². The first-order chi connectivity index (χ1) is 13.4. The Morgan fingerprint density at radius 3 is 2.64 bits per heavy atom. The Morgan fingerprint density at radius 2 is 1.86 bits per heavy atom. The van der Waals surface area contributed by atoms with E-state index < -0.39 is 21.7 Å². The molecule has 2 aromatic carbocycles. The zero-order chi connectivity index (χ0) is 19.7. The summed E-state index contributed by atoms with van der Waals surface area (Å²) in [5, 5.41) is 4.05. The fourth-order valence-corrected chi connectivity index (χ4v) is 5.73. The van der Waals surface area contributed by atoms with Gasteiger partial charge in [0.2, 0.25) is 10.0 Å². The smallest absolute Gasteiger partial charge is 0.265 e. The van der Waals surface area contributed by atoms with Gasteiger partial charge in [-0.05, 0) is 41.8 Å². The number of sulfonamides is 1. The number of nitrogens with one attached hydrogen (secondary N) is 1. The van der Waals surface area contributed by atoms with Crippen LogP contribution in [0.2, 0.25) is 0 Å². The minimum atomic E-state index is -3.69. The quantitative estimate of drug-likeness (QED) is 0.702. The third kappa shape index (κ3) is 3.71. The highest BCUT2D eigenvalue weighted by Gasteiger charge is 2.29. The molecule has 3 aromatic rings. The molecule has 0 spiro atoms. The SMILES string of the molecule is O=C(Nc1cccc(F)c1)c1cc(S(=O)(=O)N2CCc3ccccc3C2)cs1. The zero-order valence-corrected chi connectivity index (χ0v) is 16.4. The first-order valence-electron chi connectivity index (χ1n) is 8.66. The average Bonchev–Trinajstić information content (AvgIpc) is 3.19. The van der Waals surface area contributed by atoms with Gasteiger partial charge in [-0.3, -0.25) is 4.79 Å². The normalized spacial score (nSPS) is 14.5. The molecule has 1 N–H and O–H groups in total. The molecule has 28 heavy (non-hydrogen) atoms.